The Morgan fingerprint density at radius 3 is 2.29 bits per heavy atom. The predicted molar refractivity (Wildman–Crippen MR) is 68.5 cm³/mol. The largest absolute Gasteiger partial charge is 0.415 e. The van der Waals surface area contributed by atoms with E-state index < -0.39 is 22.5 Å². The topological polar surface area (TPSA) is 98.3 Å². The normalized spacial score (nSPS) is 14.3. The first-order valence-electron chi connectivity index (χ1n) is 5.93. The molecule has 3 N–H and O–H groups in total. The number of hydrogen-bond acceptors (Lipinski definition) is 4. The Bertz CT molecular complexity index is 527. The van der Waals surface area contributed by atoms with E-state index in [0.717, 1.165) is 0 Å². The van der Waals surface area contributed by atoms with Crippen LogP contribution in [0.2, 0.25) is 0 Å². The van der Waals surface area contributed by atoms with Gasteiger partial charge in [-0.15, -0.1) is 0 Å². The maximum absolute atomic E-state index is 12.5. The van der Waals surface area contributed by atoms with E-state index in [1.807, 2.05) is 0 Å². The number of amides is 1. The van der Waals surface area contributed by atoms with Crippen LogP contribution in [0.5, 0.6) is 0 Å². The number of non-ortho nitro benzene ring substituents is 1. The standard InChI is InChI=1S/C12H14F3N3O3/c1-11(16,12(13,14)15)10(19)17-7-6-8-2-4-9(5-3-8)18(20)21/h2-5H,6-7,16H2,1H3,(H,17,19). The number of carbonyl (C=O) groups excluding carboxylic acids is 1. The summed E-state index contributed by atoms with van der Waals surface area (Å²) in [6, 6.07) is 5.49. The molecule has 6 nitrogen and oxygen atoms in total. The third-order valence-corrected chi connectivity index (χ3v) is 2.91. The third kappa shape index (κ3) is 4.15. The Hall–Kier alpha value is -2.16. The van der Waals surface area contributed by atoms with Crippen LogP contribution < -0.4 is 11.1 Å². The van der Waals surface area contributed by atoms with Crippen LogP contribution in [0.1, 0.15) is 12.5 Å². The van der Waals surface area contributed by atoms with Crippen LogP contribution in [0.3, 0.4) is 0 Å². The Morgan fingerprint density at radius 2 is 1.86 bits per heavy atom. The first kappa shape index (κ1) is 16.9. The van der Waals surface area contributed by atoms with Crippen LogP contribution in [0, 0.1) is 10.1 Å². The van der Waals surface area contributed by atoms with E-state index >= 15 is 0 Å². The second kappa shape index (κ2) is 6.08. The molecule has 0 saturated carbocycles. The lowest BCUT2D eigenvalue weighted by Gasteiger charge is -2.26. The predicted octanol–water partition coefficient (Wildman–Crippen LogP) is 1.53. The van der Waals surface area contributed by atoms with Crippen LogP contribution in [0.4, 0.5) is 18.9 Å². The van der Waals surface area contributed by atoms with Crippen molar-refractivity contribution >= 4 is 11.6 Å². The third-order valence-electron chi connectivity index (χ3n) is 2.91. The monoisotopic (exact) mass is 305 g/mol. The molecule has 0 bridgehead atoms. The van der Waals surface area contributed by atoms with Gasteiger partial charge in [0.2, 0.25) is 5.91 Å². The van der Waals surface area contributed by atoms with E-state index in [-0.39, 0.29) is 18.7 Å². The molecule has 1 aromatic carbocycles. The number of nitrogens with zero attached hydrogens (tertiary/aromatic N) is 1. The molecule has 0 heterocycles. The van der Waals surface area contributed by atoms with Crippen LogP contribution in [0.25, 0.3) is 0 Å². The van der Waals surface area contributed by atoms with Gasteiger partial charge in [-0.1, -0.05) is 12.1 Å². The van der Waals surface area contributed by atoms with Crippen molar-refractivity contribution in [2.45, 2.75) is 25.1 Å². The van der Waals surface area contributed by atoms with Crippen molar-refractivity contribution in [3.63, 3.8) is 0 Å². The minimum Gasteiger partial charge on any atom is -0.354 e. The first-order valence-corrected chi connectivity index (χ1v) is 5.93. The summed E-state index contributed by atoms with van der Waals surface area (Å²) in [6.45, 7) is 0.535. The van der Waals surface area contributed by atoms with Crippen molar-refractivity contribution in [3.05, 3.63) is 39.9 Å². The molecule has 0 aliphatic carbocycles. The fraction of sp³-hybridized carbons (Fsp3) is 0.417. The molecule has 0 aliphatic rings. The first-order chi connectivity index (χ1) is 9.55. The second-order valence-corrected chi connectivity index (χ2v) is 4.63. The SMILES string of the molecule is CC(N)(C(=O)NCCc1ccc([N+](=O)[O-])cc1)C(F)(F)F. The van der Waals surface area contributed by atoms with Crippen molar-refractivity contribution < 1.29 is 22.9 Å². The number of rotatable bonds is 5. The smallest absolute Gasteiger partial charge is 0.354 e. The summed E-state index contributed by atoms with van der Waals surface area (Å²) in [5, 5.41) is 12.5. The Morgan fingerprint density at radius 1 is 1.33 bits per heavy atom. The molecular formula is C12H14F3N3O3. The van der Waals surface area contributed by atoms with Gasteiger partial charge in [-0.25, -0.2) is 0 Å². The van der Waals surface area contributed by atoms with Gasteiger partial charge in [-0.3, -0.25) is 14.9 Å². The lowest BCUT2D eigenvalue weighted by molar-refractivity contribution is -0.384. The summed E-state index contributed by atoms with van der Waals surface area (Å²) >= 11 is 0. The minimum absolute atomic E-state index is 0.0560. The molecule has 21 heavy (non-hydrogen) atoms. The van der Waals surface area contributed by atoms with Crippen LogP contribution in [-0.4, -0.2) is 29.1 Å². The van der Waals surface area contributed by atoms with Crippen molar-refractivity contribution in [1.82, 2.24) is 5.32 Å². The van der Waals surface area contributed by atoms with Crippen LogP contribution >= 0.6 is 0 Å². The fourth-order valence-corrected chi connectivity index (χ4v) is 1.42. The molecule has 0 saturated heterocycles. The summed E-state index contributed by atoms with van der Waals surface area (Å²) in [7, 11) is 0. The van der Waals surface area contributed by atoms with Gasteiger partial charge in [0.15, 0.2) is 5.54 Å². The molecule has 0 aliphatic heterocycles. The number of nitrogens with one attached hydrogen (secondary N) is 1. The van der Waals surface area contributed by atoms with Gasteiger partial charge in [0.1, 0.15) is 0 Å². The summed E-state index contributed by atoms with van der Waals surface area (Å²) in [5.74, 6) is -1.32. The zero-order valence-electron chi connectivity index (χ0n) is 11.1. The van der Waals surface area contributed by atoms with Gasteiger partial charge in [0, 0.05) is 18.7 Å². The minimum atomic E-state index is -4.84. The summed E-state index contributed by atoms with van der Waals surface area (Å²) in [6.07, 6.45) is -4.61. The average molecular weight is 305 g/mol. The molecule has 0 fully saturated rings. The Kier molecular flexibility index (Phi) is 4.89. The van der Waals surface area contributed by atoms with Gasteiger partial charge >= 0.3 is 6.18 Å². The number of nitrogens with two attached hydrogens (primary N) is 1. The molecule has 0 radical (unpaired) electrons. The molecular weight excluding hydrogens is 291 g/mol. The van der Waals surface area contributed by atoms with Crippen molar-refractivity contribution in [1.29, 1.82) is 0 Å². The zero-order chi connectivity index (χ0) is 16.3. The number of carbonyl (C=O) groups is 1. The Balaban J connectivity index is 2.54. The van der Waals surface area contributed by atoms with Crippen molar-refractivity contribution in [3.8, 4) is 0 Å². The molecule has 1 aromatic rings. The highest BCUT2D eigenvalue weighted by molar-refractivity contribution is 5.86. The highest BCUT2D eigenvalue weighted by atomic mass is 19.4. The maximum atomic E-state index is 12.5. The zero-order valence-corrected chi connectivity index (χ0v) is 11.1. The molecule has 116 valence electrons. The molecule has 0 aromatic heterocycles. The van der Waals surface area contributed by atoms with Crippen molar-refractivity contribution in [2.24, 2.45) is 5.73 Å². The Labute approximate surface area is 118 Å². The highest BCUT2D eigenvalue weighted by Crippen LogP contribution is 2.27. The second-order valence-electron chi connectivity index (χ2n) is 4.63. The van der Waals surface area contributed by atoms with Gasteiger partial charge in [-0.2, -0.15) is 13.2 Å². The molecule has 1 unspecified atom stereocenters. The van der Waals surface area contributed by atoms with E-state index in [2.05, 4.69) is 5.32 Å². The number of benzene rings is 1. The average Bonchev–Trinajstić information content (AvgIpc) is 2.37. The lowest BCUT2D eigenvalue weighted by atomic mass is 10.0. The maximum Gasteiger partial charge on any atom is 0.415 e. The van der Waals surface area contributed by atoms with E-state index in [1.165, 1.54) is 24.3 Å². The van der Waals surface area contributed by atoms with E-state index in [1.54, 1.807) is 0 Å². The summed E-state index contributed by atoms with van der Waals surface area (Å²) in [4.78, 5) is 21.3. The van der Waals surface area contributed by atoms with Crippen LogP contribution in [-0.2, 0) is 11.2 Å². The molecule has 1 amide bonds. The lowest BCUT2D eigenvalue weighted by Crippen LogP contribution is -2.61. The van der Waals surface area contributed by atoms with Gasteiger partial charge in [0.25, 0.3) is 5.69 Å². The van der Waals surface area contributed by atoms with E-state index in [9.17, 15) is 28.1 Å². The van der Waals surface area contributed by atoms with Gasteiger partial charge in [-0.05, 0) is 18.9 Å². The van der Waals surface area contributed by atoms with Crippen LogP contribution in [0.15, 0.2) is 24.3 Å². The van der Waals surface area contributed by atoms with Gasteiger partial charge < -0.3 is 11.1 Å². The quantitative estimate of drug-likeness (QED) is 0.636. The molecule has 1 atom stereocenters. The van der Waals surface area contributed by atoms with E-state index in [0.29, 0.717) is 12.5 Å². The van der Waals surface area contributed by atoms with Crippen molar-refractivity contribution in [2.75, 3.05) is 6.54 Å². The summed E-state index contributed by atoms with van der Waals surface area (Å²) < 4.78 is 37.5. The fourth-order valence-electron chi connectivity index (χ4n) is 1.42. The highest BCUT2D eigenvalue weighted by Gasteiger charge is 2.53. The number of halogens is 3. The molecule has 0 spiro atoms. The van der Waals surface area contributed by atoms with Gasteiger partial charge in [0.05, 0.1) is 4.92 Å². The number of hydrogen-bond donors (Lipinski definition) is 2. The summed E-state index contributed by atoms with van der Waals surface area (Å²) in [5.41, 5.74) is 2.56. The molecule has 1 rings (SSSR count). The number of alkyl halides is 3. The molecule has 9 heteroatoms. The number of nitro groups is 1. The van der Waals surface area contributed by atoms with E-state index in [4.69, 9.17) is 5.73 Å². The number of nitro benzene ring substituents is 1.